The van der Waals surface area contributed by atoms with Crippen molar-refractivity contribution in [1.29, 1.82) is 0 Å². The quantitative estimate of drug-likeness (QED) is 0.746. The van der Waals surface area contributed by atoms with Gasteiger partial charge >= 0.3 is 0 Å². The average molecular weight is 313 g/mol. The third-order valence-corrected chi connectivity index (χ3v) is 3.48. The van der Waals surface area contributed by atoms with Crippen molar-refractivity contribution in [2.45, 2.75) is 12.5 Å². The van der Waals surface area contributed by atoms with Crippen LogP contribution >= 0.6 is 23.2 Å². The first-order valence-corrected chi connectivity index (χ1v) is 6.63. The van der Waals surface area contributed by atoms with E-state index in [-0.39, 0.29) is 5.88 Å². The number of hydrogen-bond donors (Lipinski definition) is 1. The summed E-state index contributed by atoms with van der Waals surface area (Å²) in [5, 5.41) is 4.81. The number of hydrogen-bond acceptors (Lipinski definition) is 5. The van der Waals surface area contributed by atoms with Crippen molar-refractivity contribution < 1.29 is 4.74 Å². The van der Waals surface area contributed by atoms with Gasteiger partial charge in [0, 0.05) is 12.7 Å². The van der Waals surface area contributed by atoms with Gasteiger partial charge in [-0.15, -0.1) is 11.6 Å². The van der Waals surface area contributed by atoms with Crippen molar-refractivity contribution in [2.24, 2.45) is 0 Å². The number of imidazole rings is 1. The van der Waals surface area contributed by atoms with Crippen LogP contribution in [0.1, 0.15) is 11.3 Å². The maximum atomic E-state index is 6.33. The van der Waals surface area contributed by atoms with Crippen LogP contribution in [0, 0.1) is 0 Å². The molecule has 0 fully saturated rings. The molecule has 0 aliphatic heterocycles. The zero-order valence-corrected chi connectivity index (χ0v) is 12.0. The lowest BCUT2D eigenvalue weighted by Crippen LogP contribution is -2.02. The lowest BCUT2D eigenvalue weighted by Gasteiger charge is -2.02. The molecule has 0 saturated heterocycles. The van der Waals surface area contributed by atoms with Gasteiger partial charge in [0.15, 0.2) is 11.5 Å². The highest BCUT2D eigenvalue weighted by atomic mass is 35.5. The maximum absolute atomic E-state index is 6.33. The van der Waals surface area contributed by atoms with Crippen LogP contribution in [-0.4, -0.2) is 36.8 Å². The molecule has 0 aliphatic carbocycles. The SMILES string of the molecule is COCc1nn(-c2ncnc3nc[nH]c23)c(Cl)c1CCl. The molecule has 9 heteroatoms. The zero-order valence-electron chi connectivity index (χ0n) is 10.5. The summed E-state index contributed by atoms with van der Waals surface area (Å²) in [7, 11) is 1.59. The van der Waals surface area contributed by atoms with Gasteiger partial charge in [0.1, 0.15) is 17.0 Å². The molecule has 0 unspecified atom stereocenters. The lowest BCUT2D eigenvalue weighted by molar-refractivity contribution is 0.180. The monoisotopic (exact) mass is 312 g/mol. The van der Waals surface area contributed by atoms with Crippen LogP contribution in [0.5, 0.6) is 0 Å². The van der Waals surface area contributed by atoms with Gasteiger partial charge in [0.25, 0.3) is 0 Å². The lowest BCUT2D eigenvalue weighted by atomic mass is 10.3. The molecule has 104 valence electrons. The molecule has 0 saturated carbocycles. The second kappa shape index (κ2) is 5.35. The van der Waals surface area contributed by atoms with Crippen LogP contribution in [0.4, 0.5) is 0 Å². The third kappa shape index (κ3) is 2.04. The zero-order chi connectivity index (χ0) is 14.1. The Labute approximate surface area is 123 Å². The summed E-state index contributed by atoms with van der Waals surface area (Å²) in [6.45, 7) is 0.325. The fourth-order valence-corrected chi connectivity index (χ4v) is 2.55. The summed E-state index contributed by atoms with van der Waals surface area (Å²) < 4.78 is 6.61. The van der Waals surface area contributed by atoms with E-state index in [9.17, 15) is 0 Å². The standard InChI is InChI=1S/C11H10Cl2N6O/c1-20-3-7-6(2-12)9(13)19(18-7)11-8-10(15-4-14-8)16-5-17-11/h4-5H,2-3H2,1H3,(H,14,15,16,17). The number of nitrogens with one attached hydrogen (secondary N) is 1. The van der Waals surface area contributed by atoms with E-state index in [1.807, 2.05) is 0 Å². The fourth-order valence-electron chi connectivity index (χ4n) is 1.91. The number of ether oxygens (including phenoxy) is 1. The third-order valence-electron chi connectivity index (χ3n) is 2.82. The van der Waals surface area contributed by atoms with Crippen molar-refractivity contribution in [1.82, 2.24) is 29.7 Å². The summed E-state index contributed by atoms with van der Waals surface area (Å²) in [4.78, 5) is 15.3. The van der Waals surface area contributed by atoms with Crippen LogP contribution in [0.3, 0.4) is 0 Å². The van der Waals surface area contributed by atoms with E-state index >= 15 is 0 Å². The highest BCUT2D eigenvalue weighted by molar-refractivity contribution is 6.31. The molecular formula is C11H10Cl2N6O. The van der Waals surface area contributed by atoms with Gasteiger partial charge in [0.2, 0.25) is 0 Å². The van der Waals surface area contributed by atoms with Gasteiger partial charge in [-0.2, -0.15) is 5.10 Å². The molecule has 0 spiro atoms. The predicted octanol–water partition coefficient (Wildman–Crippen LogP) is 2.08. The first kappa shape index (κ1) is 13.3. The first-order valence-electron chi connectivity index (χ1n) is 5.72. The van der Waals surface area contributed by atoms with Crippen LogP contribution in [0.25, 0.3) is 17.0 Å². The van der Waals surface area contributed by atoms with E-state index in [1.165, 1.54) is 11.0 Å². The maximum Gasteiger partial charge on any atom is 0.184 e. The molecule has 1 N–H and O–H groups in total. The number of H-pyrrole nitrogens is 1. The number of alkyl halides is 1. The number of halogens is 2. The fraction of sp³-hybridized carbons (Fsp3) is 0.273. The molecule has 0 amide bonds. The van der Waals surface area contributed by atoms with Gasteiger partial charge < -0.3 is 9.72 Å². The number of aromatic amines is 1. The van der Waals surface area contributed by atoms with Crippen LogP contribution in [0.2, 0.25) is 5.15 Å². The Bertz CT molecular complexity index is 753. The first-order chi connectivity index (χ1) is 9.76. The Kier molecular flexibility index (Phi) is 3.56. The molecule has 3 aromatic rings. The van der Waals surface area contributed by atoms with E-state index in [0.717, 1.165) is 5.56 Å². The molecule has 0 atom stereocenters. The minimum atomic E-state index is 0.245. The molecule has 3 aromatic heterocycles. The van der Waals surface area contributed by atoms with E-state index in [2.05, 4.69) is 25.0 Å². The molecule has 3 rings (SSSR count). The summed E-state index contributed by atoms with van der Waals surface area (Å²) in [6.07, 6.45) is 2.95. The van der Waals surface area contributed by atoms with Crippen molar-refractivity contribution >= 4 is 34.4 Å². The largest absolute Gasteiger partial charge is 0.378 e. The highest BCUT2D eigenvalue weighted by Gasteiger charge is 2.19. The van der Waals surface area contributed by atoms with E-state index < -0.39 is 0 Å². The Morgan fingerprint density at radius 2 is 2.20 bits per heavy atom. The van der Waals surface area contributed by atoms with Crippen molar-refractivity contribution in [3.05, 3.63) is 29.1 Å². The Morgan fingerprint density at radius 1 is 1.35 bits per heavy atom. The second-order valence-corrected chi connectivity index (χ2v) is 4.62. The number of nitrogens with zero attached hydrogens (tertiary/aromatic N) is 5. The number of methoxy groups -OCH3 is 1. The van der Waals surface area contributed by atoms with Crippen molar-refractivity contribution in [3.8, 4) is 5.82 Å². The van der Waals surface area contributed by atoms with Crippen LogP contribution in [0.15, 0.2) is 12.7 Å². The minimum absolute atomic E-state index is 0.245. The number of rotatable bonds is 4. The minimum Gasteiger partial charge on any atom is -0.378 e. The summed E-state index contributed by atoms with van der Waals surface area (Å²) >= 11 is 12.3. The molecular weight excluding hydrogens is 303 g/mol. The molecule has 20 heavy (non-hydrogen) atoms. The molecule has 0 radical (unpaired) electrons. The number of aromatic nitrogens is 6. The topological polar surface area (TPSA) is 81.5 Å². The van der Waals surface area contributed by atoms with Gasteiger partial charge in [-0.25, -0.2) is 19.6 Å². The molecule has 7 nitrogen and oxygen atoms in total. The summed E-state index contributed by atoms with van der Waals surface area (Å²) in [6, 6.07) is 0. The molecule has 0 bridgehead atoms. The summed E-state index contributed by atoms with van der Waals surface area (Å²) in [5.74, 6) is 0.764. The van der Waals surface area contributed by atoms with Crippen molar-refractivity contribution in [2.75, 3.05) is 7.11 Å². The molecule has 0 aromatic carbocycles. The Hall–Kier alpha value is -1.70. The van der Waals surface area contributed by atoms with Gasteiger partial charge in [-0.1, -0.05) is 11.6 Å². The smallest absolute Gasteiger partial charge is 0.184 e. The molecule has 0 aliphatic rings. The van der Waals surface area contributed by atoms with Crippen molar-refractivity contribution in [3.63, 3.8) is 0 Å². The predicted molar refractivity (Wildman–Crippen MR) is 74.1 cm³/mol. The van der Waals surface area contributed by atoms with Gasteiger partial charge in [0.05, 0.1) is 24.5 Å². The number of fused-ring (bicyclic) bond motifs is 1. The Morgan fingerprint density at radius 3 is 2.95 bits per heavy atom. The average Bonchev–Trinajstić information content (AvgIpc) is 3.03. The normalized spacial score (nSPS) is 11.3. The van der Waals surface area contributed by atoms with E-state index in [0.29, 0.717) is 34.4 Å². The highest BCUT2D eigenvalue weighted by Crippen LogP contribution is 2.26. The summed E-state index contributed by atoms with van der Waals surface area (Å²) in [5.41, 5.74) is 2.60. The van der Waals surface area contributed by atoms with Gasteiger partial charge in [-0.3, -0.25) is 0 Å². The van der Waals surface area contributed by atoms with E-state index in [1.54, 1.807) is 13.4 Å². The van der Waals surface area contributed by atoms with Crippen LogP contribution in [-0.2, 0) is 17.2 Å². The van der Waals surface area contributed by atoms with Crippen LogP contribution < -0.4 is 0 Å². The second-order valence-electron chi connectivity index (χ2n) is 3.99. The Balaban J connectivity index is 2.21. The molecule has 3 heterocycles. The van der Waals surface area contributed by atoms with E-state index in [4.69, 9.17) is 27.9 Å². The van der Waals surface area contributed by atoms with Gasteiger partial charge in [-0.05, 0) is 0 Å².